The molecule has 0 bridgehead atoms. The summed E-state index contributed by atoms with van der Waals surface area (Å²) in [4.78, 5) is 10.1. The maximum atomic E-state index is 10.1. The number of hydrogen-bond acceptors (Lipinski definition) is 5. The van der Waals surface area contributed by atoms with E-state index in [0.29, 0.717) is 17.7 Å². The molecule has 70 valence electrons. The number of nitrogens with zero attached hydrogens (tertiary/aromatic N) is 2. The van der Waals surface area contributed by atoms with E-state index < -0.39 is 5.97 Å². The summed E-state index contributed by atoms with van der Waals surface area (Å²) in [6.45, 7) is 0. The molecule has 1 saturated carbocycles. The largest absolute Gasteiger partial charge is 1.00 e. The summed E-state index contributed by atoms with van der Waals surface area (Å²) in [5.41, 5.74) is 0. The van der Waals surface area contributed by atoms with Gasteiger partial charge in [0.15, 0.2) is 0 Å². The molecule has 0 atom stereocenters. The fourth-order valence-corrected chi connectivity index (χ4v) is 1.07. The molecule has 5 nitrogen and oxygen atoms in total. The second kappa shape index (κ2) is 4.63. The average Bonchev–Trinajstić information content (AvgIpc) is 2.83. The Balaban J connectivity index is 0.000000980. The van der Waals surface area contributed by atoms with Gasteiger partial charge in [-0.25, -0.2) is 0 Å². The van der Waals surface area contributed by atoms with Crippen LogP contribution in [0.25, 0.3) is 0 Å². The molecular formula is C8H9LiN2O3. The first-order valence-electron chi connectivity index (χ1n) is 4.28. The van der Waals surface area contributed by atoms with Crippen molar-refractivity contribution < 1.29 is 33.2 Å². The van der Waals surface area contributed by atoms with Crippen molar-refractivity contribution in [3.63, 3.8) is 0 Å². The average molecular weight is 188 g/mol. The third-order valence-electron chi connectivity index (χ3n) is 1.95. The molecule has 0 aliphatic heterocycles. The van der Waals surface area contributed by atoms with Crippen LogP contribution in [0.15, 0.2) is 4.42 Å². The van der Waals surface area contributed by atoms with Gasteiger partial charge in [0.1, 0.15) is 0 Å². The number of aliphatic carboxylic acids is 1. The molecule has 1 aliphatic rings. The van der Waals surface area contributed by atoms with Crippen LogP contribution in [0, 0.1) is 0 Å². The van der Waals surface area contributed by atoms with E-state index >= 15 is 0 Å². The molecule has 2 rings (SSSR count). The Morgan fingerprint density at radius 3 is 2.79 bits per heavy atom. The molecule has 6 heteroatoms. The summed E-state index contributed by atoms with van der Waals surface area (Å²) < 4.78 is 5.24. The van der Waals surface area contributed by atoms with Gasteiger partial charge in [-0.15, -0.1) is 10.2 Å². The van der Waals surface area contributed by atoms with Crippen molar-refractivity contribution in [2.75, 3.05) is 0 Å². The minimum Gasteiger partial charge on any atom is -0.550 e. The normalized spacial score (nSPS) is 14.9. The van der Waals surface area contributed by atoms with Crippen LogP contribution in [-0.4, -0.2) is 16.2 Å². The Labute approximate surface area is 93.1 Å². The predicted octanol–water partition coefficient (Wildman–Crippen LogP) is -3.37. The SMILES string of the molecule is O=C([O-])CCc1nnc(C2CC2)o1.[Li+]. The van der Waals surface area contributed by atoms with E-state index in [2.05, 4.69) is 10.2 Å². The summed E-state index contributed by atoms with van der Waals surface area (Å²) in [6.07, 6.45) is 2.40. The fraction of sp³-hybridized carbons (Fsp3) is 0.625. The third kappa shape index (κ3) is 2.86. The van der Waals surface area contributed by atoms with Crippen molar-refractivity contribution in [1.82, 2.24) is 10.2 Å². The van der Waals surface area contributed by atoms with E-state index in [1.165, 1.54) is 0 Å². The smallest absolute Gasteiger partial charge is 0.550 e. The van der Waals surface area contributed by atoms with E-state index in [0.717, 1.165) is 12.8 Å². The first-order valence-corrected chi connectivity index (χ1v) is 4.28. The van der Waals surface area contributed by atoms with Crippen LogP contribution in [0.3, 0.4) is 0 Å². The maximum Gasteiger partial charge on any atom is 1.00 e. The molecule has 1 aromatic heterocycles. The molecule has 1 aromatic rings. The number of carbonyl (C=O) groups excluding carboxylic acids is 1. The molecular weight excluding hydrogens is 179 g/mol. The van der Waals surface area contributed by atoms with Crippen LogP contribution < -0.4 is 24.0 Å². The molecule has 0 amide bonds. The minimum absolute atomic E-state index is 0. The van der Waals surface area contributed by atoms with Crippen LogP contribution in [0.5, 0.6) is 0 Å². The fourth-order valence-electron chi connectivity index (χ4n) is 1.07. The van der Waals surface area contributed by atoms with E-state index in [4.69, 9.17) is 4.42 Å². The van der Waals surface area contributed by atoms with E-state index in [9.17, 15) is 9.90 Å². The molecule has 0 spiro atoms. The Morgan fingerprint density at radius 2 is 2.21 bits per heavy atom. The quantitative estimate of drug-likeness (QED) is 0.461. The second-order valence-corrected chi connectivity index (χ2v) is 3.18. The molecule has 0 aromatic carbocycles. The maximum absolute atomic E-state index is 10.1. The number of carboxylic acid groups (broad SMARTS) is 1. The summed E-state index contributed by atoms with van der Waals surface area (Å²) in [5.74, 6) is 0.370. The van der Waals surface area contributed by atoms with Crippen molar-refractivity contribution in [3.05, 3.63) is 11.8 Å². The first-order chi connectivity index (χ1) is 6.25. The van der Waals surface area contributed by atoms with Crippen LogP contribution in [0.4, 0.5) is 0 Å². The van der Waals surface area contributed by atoms with Gasteiger partial charge in [0, 0.05) is 18.3 Å². The molecule has 0 N–H and O–H groups in total. The monoisotopic (exact) mass is 188 g/mol. The number of aryl methyl sites for hydroxylation is 1. The Morgan fingerprint density at radius 1 is 1.50 bits per heavy atom. The summed E-state index contributed by atoms with van der Waals surface area (Å²) in [5, 5.41) is 17.7. The van der Waals surface area contributed by atoms with Crippen molar-refractivity contribution in [3.8, 4) is 0 Å². The first kappa shape index (κ1) is 11.3. The topological polar surface area (TPSA) is 79.0 Å². The summed E-state index contributed by atoms with van der Waals surface area (Å²) >= 11 is 0. The number of carboxylic acids is 1. The number of hydrogen-bond donors (Lipinski definition) is 0. The second-order valence-electron chi connectivity index (χ2n) is 3.18. The van der Waals surface area contributed by atoms with Crippen molar-refractivity contribution in [1.29, 1.82) is 0 Å². The Bertz CT molecular complexity index is 322. The van der Waals surface area contributed by atoms with E-state index in [1.807, 2.05) is 0 Å². The molecule has 1 aliphatic carbocycles. The van der Waals surface area contributed by atoms with Gasteiger partial charge >= 0.3 is 18.9 Å². The third-order valence-corrected chi connectivity index (χ3v) is 1.95. The van der Waals surface area contributed by atoms with Gasteiger partial charge in [-0.05, 0) is 19.3 Å². The van der Waals surface area contributed by atoms with Gasteiger partial charge in [0.25, 0.3) is 0 Å². The standard InChI is InChI=1S/C8H10N2O3.Li/c11-7(12)4-3-6-9-10-8(13-6)5-1-2-5;/h5H,1-4H2,(H,11,12);/q;+1/p-1. The van der Waals surface area contributed by atoms with Crippen LogP contribution >= 0.6 is 0 Å². The summed E-state index contributed by atoms with van der Waals surface area (Å²) in [7, 11) is 0. The molecule has 0 saturated heterocycles. The molecule has 0 unspecified atom stereocenters. The minimum atomic E-state index is -1.09. The zero-order valence-corrected chi connectivity index (χ0v) is 8.02. The van der Waals surface area contributed by atoms with Crippen molar-refractivity contribution in [2.24, 2.45) is 0 Å². The van der Waals surface area contributed by atoms with Crippen LogP contribution in [0.2, 0.25) is 0 Å². The molecule has 0 radical (unpaired) electrons. The van der Waals surface area contributed by atoms with Gasteiger partial charge in [0.05, 0.1) is 0 Å². The van der Waals surface area contributed by atoms with Crippen LogP contribution in [-0.2, 0) is 11.2 Å². The number of aromatic nitrogens is 2. The van der Waals surface area contributed by atoms with E-state index in [-0.39, 0.29) is 31.7 Å². The summed E-state index contributed by atoms with van der Waals surface area (Å²) in [6, 6.07) is 0. The predicted molar refractivity (Wildman–Crippen MR) is 39.6 cm³/mol. The zero-order chi connectivity index (χ0) is 9.26. The van der Waals surface area contributed by atoms with Crippen LogP contribution in [0.1, 0.15) is 37.0 Å². The van der Waals surface area contributed by atoms with Crippen molar-refractivity contribution >= 4 is 5.97 Å². The van der Waals surface area contributed by atoms with Gasteiger partial charge in [0.2, 0.25) is 11.8 Å². The molecule has 1 fully saturated rings. The molecule has 1 heterocycles. The number of carbonyl (C=O) groups is 1. The van der Waals surface area contributed by atoms with Crippen molar-refractivity contribution in [2.45, 2.75) is 31.6 Å². The Hall–Kier alpha value is -0.793. The molecule has 14 heavy (non-hydrogen) atoms. The number of rotatable bonds is 4. The van der Waals surface area contributed by atoms with Gasteiger partial charge in [-0.1, -0.05) is 0 Å². The van der Waals surface area contributed by atoms with Gasteiger partial charge in [-0.3, -0.25) is 0 Å². The van der Waals surface area contributed by atoms with E-state index in [1.54, 1.807) is 0 Å². The zero-order valence-electron chi connectivity index (χ0n) is 8.02. The van der Waals surface area contributed by atoms with Gasteiger partial charge < -0.3 is 14.3 Å². The van der Waals surface area contributed by atoms with Gasteiger partial charge in [-0.2, -0.15) is 0 Å². The Kier molecular flexibility index (Phi) is 3.73.